The summed E-state index contributed by atoms with van der Waals surface area (Å²) in [5.41, 5.74) is 0.746. The number of phenolic OH excluding ortho intramolecular Hbond substituents is 1. The molecule has 1 saturated heterocycles. The van der Waals surface area contributed by atoms with Gasteiger partial charge in [-0.25, -0.2) is 9.29 Å². The SMILES string of the molecule is O=C(Cn1c2c(sc1=O)[C@@H](c1cccs1)[C@@H]1C(=O)N(c3ccc(F)cc3)C(=O)[C@@H]1S2)Nc1ccc(O)cc1. The first-order chi connectivity index (χ1) is 18.3. The van der Waals surface area contributed by atoms with E-state index in [1.165, 1.54) is 64.4 Å². The lowest BCUT2D eigenvalue weighted by molar-refractivity contribution is -0.122. The van der Waals surface area contributed by atoms with Crippen LogP contribution in [0.5, 0.6) is 5.75 Å². The van der Waals surface area contributed by atoms with Crippen molar-refractivity contribution in [2.75, 3.05) is 10.2 Å². The molecule has 0 spiro atoms. The minimum absolute atomic E-state index is 0.0576. The summed E-state index contributed by atoms with van der Waals surface area (Å²) in [7, 11) is 0. The van der Waals surface area contributed by atoms with Crippen molar-refractivity contribution in [2.24, 2.45) is 5.92 Å². The van der Waals surface area contributed by atoms with Crippen molar-refractivity contribution in [1.82, 2.24) is 4.57 Å². The fourth-order valence-corrected chi connectivity index (χ4v) is 8.48. The van der Waals surface area contributed by atoms with Crippen LogP contribution in [-0.4, -0.2) is 32.6 Å². The largest absolute Gasteiger partial charge is 0.508 e. The quantitative estimate of drug-likeness (QED) is 0.276. The molecule has 4 heterocycles. The lowest BCUT2D eigenvalue weighted by atomic mass is 9.87. The fraction of sp³-hybridized carbons (Fsp3) is 0.154. The number of rotatable bonds is 5. The summed E-state index contributed by atoms with van der Waals surface area (Å²) < 4.78 is 14.9. The number of aromatic nitrogens is 1. The Morgan fingerprint density at radius 2 is 1.74 bits per heavy atom. The summed E-state index contributed by atoms with van der Waals surface area (Å²) in [5, 5.41) is 13.7. The van der Waals surface area contributed by atoms with E-state index in [9.17, 15) is 28.7 Å². The van der Waals surface area contributed by atoms with Gasteiger partial charge in [-0.15, -0.1) is 11.3 Å². The fourth-order valence-electron chi connectivity index (χ4n) is 4.76. The Morgan fingerprint density at radius 1 is 1.00 bits per heavy atom. The zero-order valence-corrected chi connectivity index (χ0v) is 21.8. The monoisotopic (exact) mass is 567 g/mol. The van der Waals surface area contributed by atoms with Crippen molar-refractivity contribution < 1.29 is 23.9 Å². The Labute approximate surface area is 227 Å². The van der Waals surface area contributed by atoms with E-state index in [-0.39, 0.29) is 22.9 Å². The Balaban J connectivity index is 1.38. The van der Waals surface area contributed by atoms with Gasteiger partial charge < -0.3 is 10.4 Å². The summed E-state index contributed by atoms with van der Waals surface area (Å²) in [6, 6.07) is 14.9. The maximum atomic E-state index is 13.7. The molecule has 2 aromatic heterocycles. The van der Waals surface area contributed by atoms with Gasteiger partial charge in [-0.1, -0.05) is 29.2 Å². The second-order valence-corrected chi connectivity index (χ2v) is 11.9. The second kappa shape index (κ2) is 9.53. The number of benzene rings is 2. The van der Waals surface area contributed by atoms with Crippen molar-refractivity contribution in [2.45, 2.75) is 22.7 Å². The second-order valence-electron chi connectivity index (χ2n) is 8.76. The standard InChI is InChI=1S/C26H18FN3O5S3/c27-13-3-7-15(8-4-13)30-23(33)20-19(17-2-1-11-36-17)22-25(37-21(20)24(30)34)29(26(35)38-22)12-18(32)28-14-5-9-16(31)10-6-14/h1-11,19-21,31H,12H2,(H,28,32)/t19-,20-,21+/m0/s1. The number of nitrogens with zero attached hydrogens (tertiary/aromatic N) is 2. The molecule has 12 heteroatoms. The third kappa shape index (κ3) is 4.14. The van der Waals surface area contributed by atoms with Crippen LogP contribution in [0.3, 0.4) is 0 Å². The molecule has 2 aromatic carbocycles. The molecule has 2 aliphatic heterocycles. The molecular formula is C26H18FN3O5S3. The number of thiophene rings is 1. The van der Waals surface area contributed by atoms with Gasteiger partial charge in [0.15, 0.2) is 0 Å². The van der Waals surface area contributed by atoms with Gasteiger partial charge in [0.1, 0.15) is 23.4 Å². The van der Waals surface area contributed by atoms with Crippen LogP contribution < -0.4 is 15.1 Å². The number of carbonyl (C=O) groups is 3. The summed E-state index contributed by atoms with van der Waals surface area (Å²) in [6.07, 6.45) is 0. The Bertz CT molecular complexity index is 1610. The van der Waals surface area contributed by atoms with Crippen LogP contribution in [0.2, 0.25) is 0 Å². The minimum atomic E-state index is -0.812. The number of hydrogen-bond donors (Lipinski definition) is 2. The molecule has 4 aromatic rings. The molecule has 0 bridgehead atoms. The van der Waals surface area contributed by atoms with E-state index >= 15 is 0 Å². The Morgan fingerprint density at radius 3 is 2.42 bits per heavy atom. The maximum absolute atomic E-state index is 13.7. The van der Waals surface area contributed by atoms with Gasteiger partial charge in [-0.3, -0.25) is 23.7 Å². The number of anilines is 2. The minimum Gasteiger partial charge on any atom is -0.508 e. The van der Waals surface area contributed by atoms with Gasteiger partial charge in [-0.05, 0) is 60.0 Å². The van der Waals surface area contributed by atoms with Crippen LogP contribution in [0.15, 0.2) is 75.9 Å². The topological polar surface area (TPSA) is 109 Å². The number of carbonyl (C=O) groups excluding carboxylic acids is 3. The Kier molecular flexibility index (Phi) is 6.17. The number of aromatic hydroxyl groups is 1. The molecule has 0 aliphatic carbocycles. The number of imide groups is 1. The molecule has 0 unspecified atom stereocenters. The molecule has 8 nitrogen and oxygen atoms in total. The molecule has 38 heavy (non-hydrogen) atoms. The maximum Gasteiger partial charge on any atom is 0.308 e. The number of thiazole rings is 1. The van der Waals surface area contributed by atoms with E-state index < -0.39 is 40.6 Å². The molecule has 2 N–H and O–H groups in total. The van der Waals surface area contributed by atoms with Gasteiger partial charge in [0, 0.05) is 21.4 Å². The third-order valence-electron chi connectivity index (χ3n) is 6.44. The predicted molar refractivity (Wildman–Crippen MR) is 144 cm³/mol. The third-order valence-corrected chi connectivity index (χ3v) is 10.00. The highest BCUT2D eigenvalue weighted by Gasteiger charge is 2.57. The van der Waals surface area contributed by atoms with Gasteiger partial charge in [0.05, 0.1) is 16.6 Å². The summed E-state index contributed by atoms with van der Waals surface area (Å²) in [4.78, 5) is 55.4. The van der Waals surface area contributed by atoms with E-state index in [4.69, 9.17) is 0 Å². The summed E-state index contributed by atoms with van der Waals surface area (Å²) in [6.45, 7) is -0.281. The average molecular weight is 568 g/mol. The highest BCUT2D eigenvalue weighted by atomic mass is 32.2. The highest BCUT2D eigenvalue weighted by molar-refractivity contribution is 8.00. The first-order valence-electron chi connectivity index (χ1n) is 11.5. The van der Waals surface area contributed by atoms with Gasteiger partial charge in [0.2, 0.25) is 17.7 Å². The van der Waals surface area contributed by atoms with Crippen molar-refractivity contribution in [3.8, 4) is 5.75 Å². The molecule has 0 saturated carbocycles. The highest BCUT2D eigenvalue weighted by Crippen LogP contribution is 2.54. The van der Waals surface area contributed by atoms with Crippen LogP contribution in [0.4, 0.5) is 15.8 Å². The normalized spacial score (nSPS) is 20.3. The van der Waals surface area contributed by atoms with Crippen LogP contribution in [-0.2, 0) is 20.9 Å². The molecule has 0 radical (unpaired) electrons. The summed E-state index contributed by atoms with van der Waals surface area (Å²) >= 11 is 3.52. The van der Waals surface area contributed by atoms with E-state index in [1.54, 1.807) is 0 Å². The molecule has 1 fully saturated rings. The number of fused-ring (bicyclic) bond motifs is 2. The predicted octanol–water partition coefficient (Wildman–Crippen LogP) is 4.25. The molecule has 3 amide bonds. The number of phenols is 1. The van der Waals surface area contributed by atoms with Crippen molar-refractivity contribution in [1.29, 1.82) is 0 Å². The number of hydrogen-bond acceptors (Lipinski definition) is 8. The number of halogens is 1. The number of nitrogens with one attached hydrogen (secondary N) is 1. The lowest BCUT2D eigenvalue weighted by Gasteiger charge is -2.29. The van der Waals surface area contributed by atoms with Crippen LogP contribution in [0, 0.1) is 11.7 Å². The molecule has 3 atom stereocenters. The van der Waals surface area contributed by atoms with E-state index in [1.807, 2.05) is 17.5 Å². The van der Waals surface area contributed by atoms with Crippen LogP contribution >= 0.6 is 34.4 Å². The summed E-state index contributed by atoms with van der Waals surface area (Å²) in [5.74, 6) is -2.99. The van der Waals surface area contributed by atoms with Crippen molar-refractivity contribution >= 4 is 63.5 Å². The zero-order chi connectivity index (χ0) is 26.6. The number of amides is 3. The van der Waals surface area contributed by atoms with Crippen molar-refractivity contribution in [3.05, 3.63) is 91.3 Å². The average Bonchev–Trinajstić information content (AvgIpc) is 3.59. The zero-order valence-electron chi connectivity index (χ0n) is 19.4. The van der Waals surface area contributed by atoms with Gasteiger partial charge in [0.25, 0.3) is 0 Å². The first kappa shape index (κ1) is 24.6. The van der Waals surface area contributed by atoms with Crippen molar-refractivity contribution in [3.63, 3.8) is 0 Å². The van der Waals surface area contributed by atoms with Gasteiger partial charge in [-0.2, -0.15) is 0 Å². The molecule has 2 aliphatic rings. The molecule has 192 valence electrons. The molecule has 6 rings (SSSR count). The van der Waals surface area contributed by atoms with E-state index in [2.05, 4.69) is 5.32 Å². The Hall–Kier alpha value is -3.74. The van der Waals surface area contributed by atoms with E-state index in [0.717, 1.165) is 32.9 Å². The van der Waals surface area contributed by atoms with E-state index in [0.29, 0.717) is 15.6 Å². The van der Waals surface area contributed by atoms with Gasteiger partial charge >= 0.3 is 4.87 Å². The first-order valence-corrected chi connectivity index (χ1v) is 14.1. The van der Waals surface area contributed by atoms with Crippen LogP contribution in [0.25, 0.3) is 0 Å². The smallest absolute Gasteiger partial charge is 0.308 e. The molecular weight excluding hydrogens is 550 g/mol. The van der Waals surface area contributed by atoms with Crippen LogP contribution in [0.1, 0.15) is 15.7 Å². The number of thioether (sulfide) groups is 1. The lowest BCUT2D eigenvalue weighted by Crippen LogP contribution is -2.32.